The van der Waals surface area contributed by atoms with E-state index in [1.54, 1.807) is 0 Å². The number of allylic oxidation sites excluding steroid dienone is 1. The fraction of sp³-hybridized carbons (Fsp3) is 0.444. The highest BCUT2D eigenvalue weighted by molar-refractivity contribution is 5.59. The molecular formula is C36H47F2NO2. The maximum atomic E-state index is 13.1. The molecule has 2 heterocycles. The van der Waals surface area contributed by atoms with Gasteiger partial charge in [-0.25, -0.2) is 8.78 Å². The summed E-state index contributed by atoms with van der Waals surface area (Å²) < 4.78 is 36.8. The van der Waals surface area contributed by atoms with Gasteiger partial charge in [-0.3, -0.25) is 0 Å². The molecule has 0 fully saturated rings. The van der Waals surface area contributed by atoms with Crippen LogP contribution in [0.5, 0.6) is 11.5 Å². The molecule has 2 aliphatic rings. The Morgan fingerprint density at radius 3 is 1.83 bits per heavy atom. The van der Waals surface area contributed by atoms with Crippen LogP contribution in [-0.2, 0) is 22.7 Å². The molecule has 3 aromatic rings. The van der Waals surface area contributed by atoms with Crippen LogP contribution < -0.4 is 14.8 Å². The summed E-state index contributed by atoms with van der Waals surface area (Å²) in [6.45, 7) is 24.2. The van der Waals surface area contributed by atoms with E-state index >= 15 is 0 Å². The Balaban J connectivity index is 0.000000170. The van der Waals surface area contributed by atoms with Crippen LogP contribution in [0.4, 0.5) is 14.5 Å². The molecule has 3 nitrogen and oxygen atoms in total. The fourth-order valence-corrected chi connectivity index (χ4v) is 4.50. The summed E-state index contributed by atoms with van der Waals surface area (Å²) in [5.41, 5.74) is 6.91. The van der Waals surface area contributed by atoms with Crippen molar-refractivity contribution in [2.24, 2.45) is 0 Å². The average molecular weight is 564 g/mol. The molecule has 0 bridgehead atoms. The van der Waals surface area contributed by atoms with E-state index in [2.05, 4.69) is 83.8 Å². The van der Waals surface area contributed by atoms with Crippen molar-refractivity contribution >= 4 is 5.69 Å². The Hall–Kier alpha value is -3.34. The van der Waals surface area contributed by atoms with Gasteiger partial charge in [0.1, 0.15) is 24.8 Å². The minimum Gasteiger partial charge on any atom is -0.486 e. The van der Waals surface area contributed by atoms with Crippen molar-refractivity contribution in [1.29, 1.82) is 0 Å². The van der Waals surface area contributed by atoms with Gasteiger partial charge >= 0.3 is 0 Å². The molecular weight excluding hydrogens is 516 g/mol. The minimum atomic E-state index is -0.388. The van der Waals surface area contributed by atoms with E-state index < -0.39 is 0 Å². The van der Waals surface area contributed by atoms with Gasteiger partial charge in [0.15, 0.2) is 11.5 Å². The summed E-state index contributed by atoms with van der Waals surface area (Å²) in [5.74, 6) is 1.01. The van der Waals surface area contributed by atoms with E-state index in [1.165, 1.54) is 28.4 Å². The Labute approximate surface area is 246 Å². The molecule has 0 spiro atoms. The predicted molar refractivity (Wildman–Crippen MR) is 167 cm³/mol. The standard InChI is InChI=1S/C14H19N.C12H16O2.C10H12F2/c1-10-5-6-11-7-8-12(14(2,3)4)9-13(11)15-10;1-12(2,3)9-4-5-10-11(8-9)14-7-6-13-10;1-10(2,3)8-6-7(11)4-5-9(8)12/h7-9,15H,1,5-6H2,2-4H3;4-5,8H,6-7H2,1-3H3;4-6H,1-3H3. The molecule has 0 saturated heterocycles. The molecule has 0 amide bonds. The van der Waals surface area contributed by atoms with E-state index in [9.17, 15) is 8.78 Å². The number of rotatable bonds is 0. The van der Waals surface area contributed by atoms with Crippen molar-refractivity contribution in [3.63, 3.8) is 0 Å². The lowest BCUT2D eigenvalue weighted by molar-refractivity contribution is 0.171. The molecule has 0 radical (unpaired) electrons. The fourth-order valence-electron chi connectivity index (χ4n) is 4.50. The molecule has 1 N–H and O–H groups in total. The van der Waals surface area contributed by atoms with Crippen LogP contribution in [0.1, 0.15) is 91.0 Å². The van der Waals surface area contributed by atoms with Gasteiger partial charge in [-0.05, 0) is 87.7 Å². The molecule has 0 aromatic heterocycles. The SMILES string of the molecule is C=C1CCc2ccc(C(C)(C)C)cc2N1.CC(C)(C)c1cc(F)ccc1F.CC(C)(C)c1ccc2c(c1)OCCO2. The largest absolute Gasteiger partial charge is 0.486 e. The highest BCUT2D eigenvalue weighted by Crippen LogP contribution is 2.35. The summed E-state index contributed by atoms with van der Waals surface area (Å²) >= 11 is 0. The summed E-state index contributed by atoms with van der Waals surface area (Å²) in [7, 11) is 0. The average Bonchev–Trinajstić information content (AvgIpc) is 2.88. The Morgan fingerprint density at radius 1 is 0.659 bits per heavy atom. The molecule has 0 saturated carbocycles. The lowest BCUT2D eigenvalue weighted by atomic mass is 9.85. The zero-order valence-electron chi connectivity index (χ0n) is 26.3. The van der Waals surface area contributed by atoms with E-state index in [0.717, 1.165) is 42.2 Å². The second-order valence-corrected chi connectivity index (χ2v) is 13.8. The van der Waals surface area contributed by atoms with Crippen LogP contribution in [0, 0.1) is 11.6 Å². The number of hydrogen-bond acceptors (Lipinski definition) is 3. The second-order valence-electron chi connectivity index (χ2n) is 13.8. The first-order valence-corrected chi connectivity index (χ1v) is 14.4. The van der Waals surface area contributed by atoms with Crippen molar-refractivity contribution in [2.75, 3.05) is 18.5 Å². The van der Waals surface area contributed by atoms with Crippen LogP contribution in [-0.4, -0.2) is 13.2 Å². The van der Waals surface area contributed by atoms with Crippen LogP contribution in [0.15, 0.2) is 66.9 Å². The van der Waals surface area contributed by atoms with Crippen LogP contribution in [0.2, 0.25) is 0 Å². The lowest BCUT2D eigenvalue weighted by Crippen LogP contribution is -2.17. The number of halogens is 2. The number of nitrogens with one attached hydrogen (secondary N) is 1. The normalized spacial score (nSPS) is 14.5. The van der Waals surface area contributed by atoms with E-state index in [0.29, 0.717) is 18.8 Å². The summed E-state index contributed by atoms with van der Waals surface area (Å²) in [4.78, 5) is 0. The smallest absolute Gasteiger partial charge is 0.161 e. The van der Waals surface area contributed by atoms with Gasteiger partial charge in [0.2, 0.25) is 0 Å². The zero-order chi connectivity index (χ0) is 30.6. The Bertz CT molecular complexity index is 1360. The Morgan fingerprint density at radius 2 is 1.24 bits per heavy atom. The molecule has 0 aliphatic carbocycles. The van der Waals surface area contributed by atoms with Crippen molar-refractivity contribution in [3.8, 4) is 11.5 Å². The number of benzene rings is 3. The first-order valence-electron chi connectivity index (χ1n) is 14.4. The number of fused-ring (bicyclic) bond motifs is 2. The minimum absolute atomic E-state index is 0.163. The van der Waals surface area contributed by atoms with E-state index in [1.807, 2.05) is 26.8 Å². The summed E-state index contributed by atoms with van der Waals surface area (Å²) in [6.07, 6.45) is 2.17. The topological polar surface area (TPSA) is 30.5 Å². The lowest BCUT2D eigenvalue weighted by Gasteiger charge is -2.25. The maximum Gasteiger partial charge on any atom is 0.161 e. The van der Waals surface area contributed by atoms with E-state index in [-0.39, 0.29) is 27.9 Å². The third kappa shape index (κ3) is 9.08. The van der Waals surface area contributed by atoms with Crippen molar-refractivity contribution in [2.45, 2.75) is 91.4 Å². The molecule has 5 rings (SSSR count). The molecule has 0 unspecified atom stereocenters. The third-order valence-electron chi connectivity index (χ3n) is 7.13. The van der Waals surface area contributed by atoms with Gasteiger partial charge in [-0.2, -0.15) is 0 Å². The first kappa shape index (κ1) is 32.2. The van der Waals surface area contributed by atoms with Crippen molar-refractivity contribution in [1.82, 2.24) is 0 Å². The van der Waals surface area contributed by atoms with Gasteiger partial charge in [0.25, 0.3) is 0 Å². The second kappa shape index (κ2) is 12.7. The van der Waals surface area contributed by atoms with Crippen LogP contribution in [0.3, 0.4) is 0 Å². The quantitative estimate of drug-likeness (QED) is 0.295. The molecule has 2 aliphatic heterocycles. The highest BCUT2D eigenvalue weighted by atomic mass is 19.1. The third-order valence-corrected chi connectivity index (χ3v) is 7.13. The van der Waals surface area contributed by atoms with Crippen LogP contribution in [0.25, 0.3) is 0 Å². The van der Waals surface area contributed by atoms with Gasteiger partial charge in [0.05, 0.1) is 0 Å². The number of ether oxygens (including phenoxy) is 2. The van der Waals surface area contributed by atoms with Crippen molar-refractivity contribution < 1.29 is 18.3 Å². The molecule has 3 aromatic carbocycles. The van der Waals surface area contributed by atoms with Gasteiger partial charge in [-0.1, -0.05) is 87.1 Å². The molecule has 41 heavy (non-hydrogen) atoms. The Kier molecular flexibility index (Phi) is 9.94. The number of hydrogen-bond donors (Lipinski definition) is 1. The molecule has 222 valence electrons. The zero-order valence-corrected chi connectivity index (χ0v) is 26.3. The van der Waals surface area contributed by atoms with Gasteiger partial charge in [0, 0.05) is 11.4 Å². The van der Waals surface area contributed by atoms with Gasteiger partial charge in [-0.15, -0.1) is 0 Å². The predicted octanol–water partition coefficient (Wildman–Crippen LogP) is 9.87. The number of anilines is 1. The van der Waals surface area contributed by atoms with Crippen molar-refractivity contribution in [3.05, 3.63) is 101 Å². The highest BCUT2D eigenvalue weighted by Gasteiger charge is 2.20. The molecule has 5 heteroatoms. The summed E-state index contributed by atoms with van der Waals surface area (Å²) in [6, 6.07) is 16.5. The molecule has 0 atom stereocenters. The van der Waals surface area contributed by atoms with Gasteiger partial charge < -0.3 is 14.8 Å². The van der Waals surface area contributed by atoms with E-state index in [4.69, 9.17) is 9.47 Å². The summed E-state index contributed by atoms with van der Waals surface area (Å²) in [5, 5.41) is 3.38. The first-order chi connectivity index (χ1) is 18.9. The number of aryl methyl sites for hydroxylation is 1. The monoisotopic (exact) mass is 563 g/mol. The maximum absolute atomic E-state index is 13.1. The van der Waals surface area contributed by atoms with Crippen LogP contribution >= 0.6 is 0 Å².